The summed E-state index contributed by atoms with van der Waals surface area (Å²) in [7, 11) is 1.62. The molecule has 0 spiro atoms. The number of piperidine rings is 1. The number of anilines is 1. The molecule has 2 heterocycles. The summed E-state index contributed by atoms with van der Waals surface area (Å²) in [5.41, 5.74) is 2.17. The van der Waals surface area contributed by atoms with Crippen LogP contribution in [0.3, 0.4) is 0 Å². The molecule has 8 heteroatoms. The Bertz CT molecular complexity index is 1070. The van der Waals surface area contributed by atoms with Crippen LogP contribution in [-0.4, -0.2) is 47.1 Å². The molecule has 8 nitrogen and oxygen atoms in total. The summed E-state index contributed by atoms with van der Waals surface area (Å²) in [4.78, 5) is 31.1. The van der Waals surface area contributed by atoms with E-state index in [1.165, 1.54) is 6.42 Å². The third-order valence-electron chi connectivity index (χ3n) is 5.67. The van der Waals surface area contributed by atoms with Crippen molar-refractivity contribution in [3.63, 3.8) is 0 Å². The van der Waals surface area contributed by atoms with E-state index < -0.39 is 0 Å². The highest BCUT2D eigenvalue weighted by atomic mass is 16.5. The Hall–Kier alpha value is -3.68. The molecule has 0 atom stereocenters. The second-order valence-electron chi connectivity index (χ2n) is 8.07. The second kappa shape index (κ2) is 10.8. The lowest BCUT2D eigenvalue weighted by atomic mass is 10.1. The molecule has 3 aromatic rings. The molecule has 2 amide bonds. The number of benzene rings is 2. The number of nitrogens with zero attached hydrogens (tertiary/aromatic N) is 3. The van der Waals surface area contributed by atoms with Gasteiger partial charge in [0.1, 0.15) is 5.75 Å². The highest BCUT2D eigenvalue weighted by molar-refractivity contribution is 5.95. The number of hydrogen-bond donors (Lipinski definition) is 1. The number of carbonyl (C=O) groups is 2. The lowest BCUT2D eigenvalue weighted by molar-refractivity contribution is -0.116. The van der Waals surface area contributed by atoms with Gasteiger partial charge in [0.05, 0.1) is 7.11 Å². The number of aryl methyl sites for hydroxylation is 1. The average molecular weight is 449 g/mol. The van der Waals surface area contributed by atoms with E-state index in [0.717, 1.165) is 37.2 Å². The van der Waals surface area contributed by atoms with Gasteiger partial charge in [0, 0.05) is 42.7 Å². The van der Waals surface area contributed by atoms with Gasteiger partial charge in [-0.3, -0.25) is 9.59 Å². The maximum Gasteiger partial charge on any atom is 0.253 e. The first kappa shape index (κ1) is 22.5. The Balaban J connectivity index is 1.22. The van der Waals surface area contributed by atoms with Crippen LogP contribution < -0.4 is 10.1 Å². The van der Waals surface area contributed by atoms with Crippen LogP contribution in [0.1, 0.15) is 48.4 Å². The molecule has 1 aliphatic heterocycles. The zero-order valence-corrected chi connectivity index (χ0v) is 18.8. The molecule has 0 bridgehead atoms. The molecule has 2 aromatic carbocycles. The minimum absolute atomic E-state index is 0.0566. The van der Waals surface area contributed by atoms with Crippen LogP contribution in [0.25, 0.3) is 11.4 Å². The van der Waals surface area contributed by atoms with Gasteiger partial charge in [-0.2, -0.15) is 4.98 Å². The SMILES string of the molecule is COc1ccc(-c2noc(CCCC(=O)Nc3ccc(C(=O)N4CCCCC4)cc3)n2)cc1. The van der Waals surface area contributed by atoms with E-state index in [9.17, 15) is 9.59 Å². The minimum Gasteiger partial charge on any atom is -0.497 e. The fourth-order valence-electron chi connectivity index (χ4n) is 3.81. The highest BCUT2D eigenvalue weighted by Gasteiger charge is 2.18. The van der Waals surface area contributed by atoms with Crippen molar-refractivity contribution in [1.82, 2.24) is 15.0 Å². The van der Waals surface area contributed by atoms with E-state index in [1.54, 1.807) is 31.4 Å². The van der Waals surface area contributed by atoms with Crippen LogP contribution >= 0.6 is 0 Å². The van der Waals surface area contributed by atoms with E-state index in [4.69, 9.17) is 9.26 Å². The Morgan fingerprint density at radius 3 is 2.45 bits per heavy atom. The van der Waals surface area contributed by atoms with Gasteiger partial charge < -0.3 is 19.5 Å². The quantitative estimate of drug-likeness (QED) is 0.551. The van der Waals surface area contributed by atoms with Gasteiger partial charge in [-0.25, -0.2) is 0 Å². The molecular formula is C25H28N4O4. The molecule has 4 rings (SSSR count). The average Bonchev–Trinajstić information content (AvgIpc) is 3.33. The highest BCUT2D eigenvalue weighted by Crippen LogP contribution is 2.20. The predicted molar refractivity (Wildman–Crippen MR) is 124 cm³/mol. The van der Waals surface area contributed by atoms with Crippen molar-refractivity contribution in [2.75, 3.05) is 25.5 Å². The molecule has 1 N–H and O–H groups in total. The third kappa shape index (κ3) is 5.97. The summed E-state index contributed by atoms with van der Waals surface area (Å²) in [5, 5.41) is 6.88. The van der Waals surface area contributed by atoms with Crippen molar-refractivity contribution in [2.45, 2.75) is 38.5 Å². The van der Waals surface area contributed by atoms with E-state index in [0.29, 0.717) is 42.2 Å². The Morgan fingerprint density at radius 2 is 1.76 bits per heavy atom. The molecule has 33 heavy (non-hydrogen) atoms. The molecule has 172 valence electrons. The molecule has 0 unspecified atom stereocenters. The topological polar surface area (TPSA) is 97.6 Å². The number of rotatable bonds is 8. The van der Waals surface area contributed by atoms with Gasteiger partial charge in [0.2, 0.25) is 17.6 Å². The summed E-state index contributed by atoms with van der Waals surface area (Å²) in [6.07, 6.45) is 4.74. The van der Waals surface area contributed by atoms with Crippen molar-refractivity contribution >= 4 is 17.5 Å². The molecule has 0 aliphatic carbocycles. The number of methoxy groups -OCH3 is 1. The summed E-state index contributed by atoms with van der Waals surface area (Å²) >= 11 is 0. The molecule has 1 aliphatic rings. The lowest BCUT2D eigenvalue weighted by Crippen LogP contribution is -2.35. The van der Waals surface area contributed by atoms with Crippen molar-refractivity contribution in [2.24, 2.45) is 0 Å². The number of nitrogens with one attached hydrogen (secondary N) is 1. The largest absolute Gasteiger partial charge is 0.497 e. The fourth-order valence-corrected chi connectivity index (χ4v) is 3.81. The third-order valence-corrected chi connectivity index (χ3v) is 5.67. The molecule has 1 aromatic heterocycles. The Labute approximate surface area is 192 Å². The summed E-state index contributed by atoms with van der Waals surface area (Å²) in [6.45, 7) is 1.64. The van der Waals surface area contributed by atoms with Gasteiger partial charge >= 0.3 is 0 Å². The van der Waals surface area contributed by atoms with Crippen molar-refractivity contribution in [3.8, 4) is 17.1 Å². The number of likely N-dealkylation sites (tertiary alicyclic amines) is 1. The number of carbonyl (C=O) groups excluding carboxylic acids is 2. The van der Waals surface area contributed by atoms with Gasteiger partial charge in [-0.05, 0) is 74.2 Å². The first-order chi connectivity index (χ1) is 16.1. The van der Waals surface area contributed by atoms with Crippen LogP contribution in [0.5, 0.6) is 5.75 Å². The van der Waals surface area contributed by atoms with Gasteiger partial charge in [0.15, 0.2) is 0 Å². The van der Waals surface area contributed by atoms with Gasteiger partial charge in [0.25, 0.3) is 5.91 Å². The van der Waals surface area contributed by atoms with Crippen molar-refractivity contribution in [3.05, 3.63) is 60.0 Å². The second-order valence-corrected chi connectivity index (χ2v) is 8.07. The van der Waals surface area contributed by atoms with Crippen LogP contribution in [0.15, 0.2) is 53.1 Å². The first-order valence-electron chi connectivity index (χ1n) is 11.3. The number of ether oxygens (including phenoxy) is 1. The normalized spacial score (nSPS) is 13.5. The summed E-state index contributed by atoms with van der Waals surface area (Å²) in [6, 6.07) is 14.5. The molecule has 1 saturated heterocycles. The first-order valence-corrected chi connectivity index (χ1v) is 11.3. The lowest BCUT2D eigenvalue weighted by Gasteiger charge is -2.26. The summed E-state index contributed by atoms with van der Waals surface area (Å²) in [5.74, 6) is 1.73. The van der Waals surface area contributed by atoms with Crippen molar-refractivity contribution in [1.29, 1.82) is 0 Å². The van der Waals surface area contributed by atoms with Gasteiger partial charge in [-0.15, -0.1) is 0 Å². The van der Waals surface area contributed by atoms with Crippen LogP contribution in [-0.2, 0) is 11.2 Å². The fraction of sp³-hybridized carbons (Fsp3) is 0.360. The molecule has 0 saturated carbocycles. The molecule has 1 fully saturated rings. The van der Waals surface area contributed by atoms with Gasteiger partial charge in [-0.1, -0.05) is 5.16 Å². The number of hydrogen-bond acceptors (Lipinski definition) is 6. The number of amides is 2. The smallest absolute Gasteiger partial charge is 0.253 e. The Morgan fingerprint density at radius 1 is 1.03 bits per heavy atom. The zero-order chi connectivity index (χ0) is 23.0. The zero-order valence-electron chi connectivity index (χ0n) is 18.8. The maximum absolute atomic E-state index is 12.5. The van der Waals surface area contributed by atoms with Crippen LogP contribution in [0.2, 0.25) is 0 Å². The van der Waals surface area contributed by atoms with Crippen molar-refractivity contribution < 1.29 is 18.8 Å². The van der Waals surface area contributed by atoms with E-state index in [2.05, 4.69) is 15.5 Å². The maximum atomic E-state index is 12.5. The molecular weight excluding hydrogens is 420 g/mol. The predicted octanol–water partition coefficient (Wildman–Crippen LogP) is 4.33. The van der Waals surface area contributed by atoms with E-state index in [1.807, 2.05) is 29.2 Å². The Kier molecular flexibility index (Phi) is 7.34. The van der Waals surface area contributed by atoms with Crippen LogP contribution in [0, 0.1) is 0 Å². The number of aromatic nitrogens is 2. The summed E-state index contributed by atoms with van der Waals surface area (Å²) < 4.78 is 10.5. The van der Waals surface area contributed by atoms with E-state index in [-0.39, 0.29) is 11.8 Å². The molecule has 0 radical (unpaired) electrons. The monoisotopic (exact) mass is 448 g/mol. The van der Waals surface area contributed by atoms with Crippen LogP contribution in [0.4, 0.5) is 5.69 Å². The van der Waals surface area contributed by atoms with E-state index >= 15 is 0 Å². The minimum atomic E-state index is -0.0972. The standard InChI is InChI=1S/C25H28N4O4/c1-32-21-14-10-18(11-15-21)24-27-23(33-28-24)7-5-6-22(30)26-20-12-8-19(9-13-20)25(31)29-16-3-2-4-17-29/h8-15H,2-7,16-17H2,1H3,(H,26,30).